The molecule has 5 rings (SSSR count). The lowest BCUT2D eigenvalue weighted by atomic mass is 9.96. The summed E-state index contributed by atoms with van der Waals surface area (Å²) in [4.78, 5) is 6.85. The number of nitrogens with zero attached hydrogens (tertiary/aromatic N) is 3. The highest BCUT2D eigenvalue weighted by molar-refractivity contribution is 7.80. The number of thiocarbonyl (C=S) groups is 1. The Morgan fingerprint density at radius 1 is 0.857 bits per heavy atom. The summed E-state index contributed by atoms with van der Waals surface area (Å²) in [5.41, 5.74) is 6.48. The highest BCUT2D eigenvalue weighted by Crippen LogP contribution is 2.44. The van der Waals surface area contributed by atoms with Gasteiger partial charge in [-0.3, -0.25) is 4.98 Å². The molecule has 6 nitrogen and oxygen atoms in total. The molecule has 1 aliphatic rings. The van der Waals surface area contributed by atoms with Crippen molar-refractivity contribution in [3.8, 4) is 17.2 Å². The molecule has 0 spiro atoms. The second-order valence-electron chi connectivity index (χ2n) is 8.56. The zero-order chi connectivity index (χ0) is 24.5. The van der Waals surface area contributed by atoms with E-state index in [1.165, 1.54) is 5.56 Å². The van der Waals surface area contributed by atoms with Crippen molar-refractivity contribution in [3.63, 3.8) is 0 Å². The highest BCUT2D eigenvalue weighted by atomic mass is 32.1. The summed E-state index contributed by atoms with van der Waals surface area (Å²) in [6.07, 6.45) is 1.83. The minimum Gasteiger partial charge on any atom is -0.497 e. The Morgan fingerprint density at radius 2 is 1.63 bits per heavy atom. The van der Waals surface area contributed by atoms with E-state index in [4.69, 9.17) is 21.7 Å². The van der Waals surface area contributed by atoms with Gasteiger partial charge in [-0.15, -0.1) is 0 Å². The minimum absolute atomic E-state index is 0.0947. The van der Waals surface area contributed by atoms with E-state index in [1.54, 1.807) is 14.2 Å². The Morgan fingerprint density at radius 3 is 2.31 bits per heavy atom. The fourth-order valence-electron chi connectivity index (χ4n) is 4.92. The van der Waals surface area contributed by atoms with Gasteiger partial charge in [-0.2, -0.15) is 0 Å². The largest absolute Gasteiger partial charge is 0.497 e. The lowest BCUT2D eigenvalue weighted by Crippen LogP contribution is -2.29. The number of aromatic nitrogens is 2. The third kappa shape index (κ3) is 4.12. The monoisotopic (exact) mass is 484 g/mol. The van der Waals surface area contributed by atoms with Gasteiger partial charge in [0, 0.05) is 35.0 Å². The topological polar surface area (TPSA) is 51.5 Å². The predicted molar refractivity (Wildman–Crippen MR) is 143 cm³/mol. The summed E-state index contributed by atoms with van der Waals surface area (Å²) in [7, 11) is 3.36. The smallest absolute Gasteiger partial charge is 0.174 e. The molecule has 0 radical (unpaired) electrons. The summed E-state index contributed by atoms with van der Waals surface area (Å²) in [6.45, 7) is 4.29. The molecule has 1 N–H and O–H groups in total. The van der Waals surface area contributed by atoms with Crippen LogP contribution in [0.4, 0.5) is 5.69 Å². The van der Waals surface area contributed by atoms with Crippen molar-refractivity contribution in [2.45, 2.75) is 25.9 Å². The summed E-state index contributed by atoms with van der Waals surface area (Å²) < 4.78 is 13.1. The van der Waals surface area contributed by atoms with Crippen LogP contribution in [0.25, 0.3) is 5.69 Å². The Labute approximate surface area is 211 Å². The molecule has 0 bridgehead atoms. The van der Waals surface area contributed by atoms with Gasteiger partial charge in [0.05, 0.1) is 32.0 Å². The van der Waals surface area contributed by atoms with Gasteiger partial charge in [0.2, 0.25) is 0 Å². The summed E-state index contributed by atoms with van der Waals surface area (Å²) in [5, 5.41) is 4.20. The molecule has 4 aromatic rings. The van der Waals surface area contributed by atoms with Crippen LogP contribution in [-0.2, 0) is 0 Å². The maximum absolute atomic E-state index is 5.89. The first-order chi connectivity index (χ1) is 17.0. The number of anilines is 1. The van der Waals surface area contributed by atoms with Crippen LogP contribution < -0.4 is 19.7 Å². The summed E-state index contributed by atoms with van der Waals surface area (Å²) in [5.74, 6) is 1.62. The van der Waals surface area contributed by atoms with Crippen molar-refractivity contribution < 1.29 is 9.47 Å². The van der Waals surface area contributed by atoms with Gasteiger partial charge in [0.1, 0.15) is 11.5 Å². The third-order valence-electron chi connectivity index (χ3n) is 6.55. The maximum Gasteiger partial charge on any atom is 0.174 e. The fraction of sp³-hybridized carbons (Fsp3) is 0.214. The molecule has 178 valence electrons. The number of rotatable bonds is 6. The SMILES string of the molecule is COc1ccc(-n2c(C)cc([C@@H]3[C@H](c4ccccn4)NC(=S)N3c3cccc(OC)c3)c2C)cc1. The van der Waals surface area contributed by atoms with Crippen molar-refractivity contribution >= 4 is 23.0 Å². The summed E-state index contributed by atoms with van der Waals surface area (Å²) in [6, 6.07) is 24.2. The molecule has 35 heavy (non-hydrogen) atoms. The number of aryl methyl sites for hydroxylation is 1. The van der Waals surface area contributed by atoms with Crippen molar-refractivity contribution in [1.82, 2.24) is 14.9 Å². The van der Waals surface area contributed by atoms with Gasteiger partial charge in [-0.25, -0.2) is 0 Å². The van der Waals surface area contributed by atoms with E-state index in [2.05, 4.69) is 57.9 Å². The first kappa shape index (κ1) is 22.9. The lowest BCUT2D eigenvalue weighted by Gasteiger charge is -2.28. The van der Waals surface area contributed by atoms with Crippen LogP contribution in [0.1, 0.15) is 34.7 Å². The van der Waals surface area contributed by atoms with Crippen molar-refractivity contribution in [2.24, 2.45) is 0 Å². The molecule has 0 saturated carbocycles. The predicted octanol–water partition coefficient (Wildman–Crippen LogP) is 5.68. The number of nitrogens with one attached hydrogen (secondary N) is 1. The lowest BCUT2D eigenvalue weighted by molar-refractivity contribution is 0.414. The van der Waals surface area contributed by atoms with Gasteiger partial charge < -0.3 is 24.3 Å². The molecule has 0 unspecified atom stereocenters. The van der Waals surface area contributed by atoms with Gasteiger partial charge in [-0.1, -0.05) is 12.1 Å². The fourth-order valence-corrected chi connectivity index (χ4v) is 5.27. The van der Waals surface area contributed by atoms with Crippen LogP contribution in [0.5, 0.6) is 11.5 Å². The van der Waals surface area contributed by atoms with Gasteiger partial charge >= 0.3 is 0 Å². The van der Waals surface area contributed by atoms with Gasteiger partial charge in [0.15, 0.2) is 5.11 Å². The zero-order valence-electron chi connectivity index (χ0n) is 20.2. The molecule has 0 amide bonds. The number of hydrogen-bond acceptors (Lipinski definition) is 4. The molecule has 0 aliphatic carbocycles. The molecule has 1 saturated heterocycles. The number of methoxy groups -OCH3 is 2. The van der Waals surface area contributed by atoms with E-state index < -0.39 is 0 Å². The van der Waals surface area contributed by atoms with E-state index in [0.29, 0.717) is 5.11 Å². The van der Waals surface area contributed by atoms with E-state index in [1.807, 2.05) is 54.7 Å². The zero-order valence-corrected chi connectivity index (χ0v) is 21.0. The van der Waals surface area contributed by atoms with Gasteiger partial charge in [0.25, 0.3) is 0 Å². The number of benzene rings is 2. The second kappa shape index (κ2) is 9.43. The van der Waals surface area contributed by atoms with Crippen LogP contribution in [0.15, 0.2) is 79.0 Å². The van der Waals surface area contributed by atoms with E-state index in [9.17, 15) is 0 Å². The van der Waals surface area contributed by atoms with Gasteiger partial charge in [-0.05, 0) is 86.2 Å². The molecule has 7 heteroatoms. The van der Waals surface area contributed by atoms with Crippen molar-refractivity contribution in [2.75, 3.05) is 19.1 Å². The van der Waals surface area contributed by atoms with Crippen LogP contribution >= 0.6 is 12.2 Å². The normalized spacial score (nSPS) is 17.4. The van der Waals surface area contributed by atoms with E-state index >= 15 is 0 Å². The first-order valence-electron chi connectivity index (χ1n) is 11.5. The third-order valence-corrected chi connectivity index (χ3v) is 6.86. The molecule has 1 fully saturated rings. The second-order valence-corrected chi connectivity index (χ2v) is 8.94. The molecule has 3 heterocycles. The first-order valence-corrected chi connectivity index (χ1v) is 11.9. The van der Waals surface area contributed by atoms with Crippen LogP contribution in [0, 0.1) is 13.8 Å². The molecule has 2 atom stereocenters. The minimum atomic E-state index is -0.111. The highest BCUT2D eigenvalue weighted by Gasteiger charge is 2.42. The molecule has 1 aliphatic heterocycles. The molecular weight excluding hydrogens is 456 g/mol. The van der Waals surface area contributed by atoms with Crippen LogP contribution in [0.3, 0.4) is 0 Å². The molecular formula is C28H28N4O2S. The molecule has 2 aromatic carbocycles. The molecule has 2 aromatic heterocycles. The Hall–Kier alpha value is -3.84. The average Bonchev–Trinajstić information content (AvgIpc) is 3.39. The van der Waals surface area contributed by atoms with Crippen molar-refractivity contribution in [3.05, 3.63) is 102 Å². The number of hydrogen-bond donors (Lipinski definition) is 1. The van der Waals surface area contributed by atoms with Crippen LogP contribution in [0.2, 0.25) is 0 Å². The maximum atomic E-state index is 5.89. The quantitative estimate of drug-likeness (QED) is 0.355. The van der Waals surface area contributed by atoms with E-state index in [-0.39, 0.29) is 12.1 Å². The van der Waals surface area contributed by atoms with Crippen LogP contribution in [-0.4, -0.2) is 28.9 Å². The summed E-state index contributed by atoms with van der Waals surface area (Å²) >= 11 is 5.89. The number of pyridine rings is 1. The Bertz CT molecular complexity index is 1350. The van der Waals surface area contributed by atoms with E-state index in [0.717, 1.165) is 40.0 Å². The standard InChI is InChI=1S/C28H28N4O2S/c1-18-16-24(19(2)31(18)20-11-13-22(33-3)14-12-20)27-26(25-10-5-6-15-29-25)30-28(35)32(27)21-8-7-9-23(17-21)34-4/h5-17,26-27H,1-4H3,(H,30,35)/t26-,27+/m0/s1. The number of ether oxygens (including phenoxy) is 2. The average molecular weight is 485 g/mol. The Balaban J connectivity index is 1.66. The Kier molecular flexibility index (Phi) is 6.17. The van der Waals surface area contributed by atoms with Crippen molar-refractivity contribution in [1.29, 1.82) is 0 Å².